The fourth-order valence-corrected chi connectivity index (χ4v) is 1.96. The number of rotatable bonds is 8. The number of aryl methyl sites for hydroxylation is 1. The smallest absolute Gasteiger partial charge is 0.162 e. The molecule has 0 aliphatic carbocycles. The summed E-state index contributed by atoms with van der Waals surface area (Å²) in [5, 5.41) is 5.26. The molecule has 0 saturated heterocycles. The molecule has 0 saturated carbocycles. The third-order valence-corrected chi connectivity index (χ3v) is 3.13. The van der Waals surface area contributed by atoms with Crippen molar-refractivity contribution in [3.05, 3.63) is 17.2 Å². The zero-order chi connectivity index (χ0) is 14.4. The lowest BCUT2D eigenvalue weighted by molar-refractivity contribution is 0.0375. The van der Waals surface area contributed by atoms with Gasteiger partial charge in [-0.1, -0.05) is 24.9 Å². The highest BCUT2D eigenvalue weighted by Gasteiger charge is 2.09. The van der Waals surface area contributed by atoms with E-state index in [0.29, 0.717) is 36.4 Å². The highest BCUT2D eigenvalue weighted by molar-refractivity contribution is 6.33. The second-order valence-electron chi connectivity index (χ2n) is 4.45. The van der Waals surface area contributed by atoms with Crippen LogP contribution >= 0.6 is 11.6 Å². The van der Waals surface area contributed by atoms with Crippen molar-refractivity contribution >= 4 is 22.6 Å². The number of aromatic nitrogens is 4. The fraction of sp³-hybridized carbons (Fsp3) is 0.615. The van der Waals surface area contributed by atoms with Crippen molar-refractivity contribution in [1.82, 2.24) is 19.7 Å². The summed E-state index contributed by atoms with van der Waals surface area (Å²) in [6.07, 6.45) is 3.87. The van der Waals surface area contributed by atoms with E-state index >= 15 is 0 Å². The van der Waals surface area contributed by atoms with E-state index in [2.05, 4.69) is 22.0 Å². The Bertz CT molecular complexity index is 559. The molecule has 0 aliphatic rings. The number of nitrogens with zero attached hydrogens (tertiary/aromatic N) is 4. The summed E-state index contributed by atoms with van der Waals surface area (Å²) >= 11 is 6.09. The molecular weight excluding hydrogens is 280 g/mol. The van der Waals surface area contributed by atoms with E-state index in [1.807, 2.05) is 7.05 Å². The average molecular weight is 299 g/mol. The third-order valence-electron chi connectivity index (χ3n) is 2.84. The molecule has 0 aliphatic heterocycles. The Morgan fingerprint density at radius 1 is 1.20 bits per heavy atom. The van der Waals surface area contributed by atoms with E-state index < -0.39 is 0 Å². The largest absolute Gasteiger partial charge is 0.379 e. The van der Waals surface area contributed by atoms with E-state index in [9.17, 15) is 0 Å². The lowest BCUT2D eigenvalue weighted by Crippen LogP contribution is -2.07. The lowest BCUT2D eigenvalue weighted by atomic mass is 10.4. The molecule has 2 aromatic heterocycles. The maximum absolute atomic E-state index is 6.09. The molecule has 110 valence electrons. The lowest BCUT2D eigenvalue weighted by Gasteiger charge is -2.05. The quantitative estimate of drug-likeness (QED) is 0.553. The molecule has 2 aromatic rings. The van der Waals surface area contributed by atoms with Gasteiger partial charge in [0, 0.05) is 13.7 Å². The van der Waals surface area contributed by atoms with Crippen molar-refractivity contribution in [2.45, 2.75) is 26.4 Å². The standard InChI is InChI=1S/C13H19ClN4O2/c1-3-4-5-19-6-7-20-9-11-16-12(14)10-8-15-18(2)13(10)17-11/h8H,3-7,9H2,1-2H3. The fourth-order valence-electron chi connectivity index (χ4n) is 1.72. The maximum Gasteiger partial charge on any atom is 0.162 e. The van der Waals surface area contributed by atoms with Crippen molar-refractivity contribution in [2.75, 3.05) is 19.8 Å². The topological polar surface area (TPSA) is 62.1 Å². The van der Waals surface area contributed by atoms with Gasteiger partial charge in [-0.25, -0.2) is 9.97 Å². The number of fused-ring (bicyclic) bond motifs is 1. The van der Waals surface area contributed by atoms with Crippen molar-refractivity contribution in [2.24, 2.45) is 7.05 Å². The van der Waals surface area contributed by atoms with Gasteiger partial charge in [0.2, 0.25) is 0 Å². The van der Waals surface area contributed by atoms with Crippen LogP contribution in [0.15, 0.2) is 6.20 Å². The highest BCUT2D eigenvalue weighted by Crippen LogP contribution is 2.19. The summed E-state index contributed by atoms with van der Waals surface area (Å²) in [6, 6.07) is 0. The van der Waals surface area contributed by atoms with E-state index in [1.54, 1.807) is 10.9 Å². The predicted molar refractivity (Wildman–Crippen MR) is 76.7 cm³/mol. The second kappa shape index (κ2) is 7.52. The molecule has 0 fully saturated rings. The van der Waals surface area contributed by atoms with Crippen molar-refractivity contribution in [3.8, 4) is 0 Å². The number of hydrogen-bond acceptors (Lipinski definition) is 5. The van der Waals surface area contributed by atoms with Gasteiger partial charge in [0.1, 0.15) is 11.8 Å². The molecule has 0 spiro atoms. The minimum Gasteiger partial charge on any atom is -0.379 e. The average Bonchev–Trinajstić information content (AvgIpc) is 2.80. The summed E-state index contributed by atoms with van der Waals surface area (Å²) < 4.78 is 12.6. The van der Waals surface area contributed by atoms with E-state index in [1.165, 1.54) is 0 Å². The normalized spacial score (nSPS) is 11.3. The van der Waals surface area contributed by atoms with Crippen molar-refractivity contribution in [1.29, 1.82) is 0 Å². The number of hydrogen-bond donors (Lipinski definition) is 0. The minimum absolute atomic E-state index is 0.317. The van der Waals surface area contributed by atoms with E-state index in [0.717, 1.165) is 24.8 Å². The van der Waals surface area contributed by atoms with Crippen LogP contribution in [0.5, 0.6) is 0 Å². The van der Waals surface area contributed by atoms with Crippen LogP contribution in [-0.4, -0.2) is 39.6 Å². The molecular formula is C13H19ClN4O2. The Hall–Kier alpha value is -1.24. The first-order valence-corrected chi connectivity index (χ1v) is 7.09. The second-order valence-corrected chi connectivity index (χ2v) is 4.81. The van der Waals surface area contributed by atoms with Gasteiger partial charge in [0.15, 0.2) is 11.5 Å². The Balaban J connectivity index is 1.83. The molecule has 2 heterocycles. The number of halogens is 1. The van der Waals surface area contributed by atoms with Crippen molar-refractivity contribution in [3.63, 3.8) is 0 Å². The number of unbranched alkanes of at least 4 members (excludes halogenated alkanes) is 1. The molecule has 0 amide bonds. The number of ether oxygens (including phenoxy) is 2. The summed E-state index contributed by atoms with van der Waals surface area (Å²) in [7, 11) is 1.82. The molecule has 6 nitrogen and oxygen atoms in total. The first kappa shape index (κ1) is 15.2. The van der Waals surface area contributed by atoms with E-state index in [-0.39, 0.29) is 0 Å². The predicted octanol–water partition coefficient (Wildman–Crippen LogP) is 2.35. The third kappa shape index (κ3) is 3.88. The molecule has 0 atom stereocenters. The summed E-state index contributed by atoms with van der Waals surface area (Å²) in [5.41, 5.74) is 0.711. The SMILES string of the molecule is CCCCOCCOCc1nc(Cl)c2cnn(C)c2n1. The molecule has 0 radical (unpaired) electrons. The zero-order valence-corrected chi connectivity index (χ0v) is 12.6. The molecule has 0 N–H and O–H groups in total. The summed E-state index contributed by atoms with van der Waals surface area (Å²) in [5.74, 6) is 0.555. The first-order valence-electron chi connectivity index (χ1n) is 6.72. The van der Waals surface area contributed by atoms with Crippen LogP contribution in [-0.2, 0) is 23.1 Å². The molecule has 2 rings (SSSR count). The van der Waals surface area contributed by atoms with Crippen LogP contribution in [0.1, 0.15) is 25.6 Å². The van der Waals surface area contributed by atoms with Gasteiger partial charge in [-0.3, -0.25) is 4.68 Å². The van der Waals surface area contributed by atoms with Gasteiger partial charge in [0.25, 0.3) is 0 Å². The molecule has 0 bridgehead atoms. The van der Waals surface area contributed by atoms with Gasteiger partial charge in [0.05, 0.1) is 24.8 Å². The van der Waals surface area contributed by atoms with Gasteiger partial charge in [-0.2, -0.15) is 5.10 Å². The molecule has 0 unspecified atom stereocenters. The molecule has 20 heavy (non-hydrogen) atoms. The van der Waals surface area contributed by atoms with Gasteiger partial charge in [-0.15, -0.1) is 0 Å². The van der Waals surface area contributed by atoms with Gasteiger partial charge in [-0.05, 0) is 6.42 Å². The Kier molecular flexibility index (Phi) is 5.70. The molecule has 0 aromatic carbocycles. The van der Waals surface area contributed by atoms with E-state index in [4.69, 9.17) is 21.1 Å². The highest BCUT2D eigenvalue weighted by atomic mass is 35.5. The van der Waals surface area contributed by atoms with Gasteiger partial charge < -0.3 is 9.47 Å². The first-order chi connectivity index (χ1) is 9.72. The van der Waals surface area contributed by atoms with Crippen LogP contribution in [0.25, 0.3) is 11.0 Å². The summed E-state index contributed by atoms with van der Waals surface area (Å²) in [6.45, 7) is 4.34. The monoisotopic (exact) mass is 298 g/mol. The van der Waals surface area contributed by atoms with Gasteiger partial charge >= 0.3 is 0 Å². The maximum atomic E-state index is 6.09. The van der Waals surface area contributed by atoms with Crippen molar-refractivity contribution < 1.29 is 9.47 Å². The van der Waals surface area contributed by atoms with Crippen LogP contribution < -0.4 is 0 Å². The van der Waals surface area contributed by atoms with Crippen LogP contribution in [0.4, 0.5) is 0 Å². The summed E-state index contributed by atoms with van der Waals surface area (Å²) in [4.78, 5) is 8.58. The van der Waals surface area contributed by atoms with Crippen LogP contribution in [0.2, 0.25) is 5.15 Å². The Labute approximate surface area is 123 Å². The molecule has 7 heteroatoms. The van der Waals surface area contributed by atoms with Crippen LogP contribution in [0.3, 0.4) is 0 Å². The Morgan fingerprint density at radius 2 is 2.00 bits per heavy atom. The minimum atomic E-state index is 0.317. The Morgan fingerprint density at radius 3 is 2.80 bits per heavy atom. The van der Waals surface area contributed by atoms with Crippen LogP contribution in [0, 0.1) is 0 Å². The zero-order valence-electron chi connectivity index (χ0n) is 11.8.